The summed E-state index contributed by atoms with van der Waals surface area (Å²) < 4.78 is 15.6. The van der Waals surface area contributed by atoms with Crippen molar-refractivity contribution in [3.63, 3.8) is 0 Å². The van der Waals surface area contributed by atoms with Crippen LogP contribution < -0.4 is 10.6 Å². The summed E-state index contributed by atoms with van der Waals surface area (Å²) in [7, 11) is 0. The van der Waals surface area contributed by atoms with Gasteiger partial charge in [0, 0.05) is 19.7 Å². The van der Waals surface area contributed by atoms with E-state index in [-0.39, 0.29) is 24.3 Å². The summed E-state index contributed by atoms with van der Waals surface area (Å²) >= 11 is 0. The van der Waals surface area contributed by atoms with Gasteiger partial charge in [0.05, 0.1) is 32.3 Å². The molecule has 22 heavy (non-hydrogen) atoms. The Morgan fingerprint density at radius 3 is 2.18 bits per heavy atom. The van der Waals surface area contributed by atoms with Crippen LogP contribution in [0, 0.1) is 5.92 Å². The molecule has 7 heteroatoms. The van der Waals surface area contributed by atoms with Gasteiger partial charge in [-0.25, -0.2) is 0 Å². The van der Waals surface area contributed by atoms with E-state index < -0.39 is 0 Å². The van der Waals surface area contributed by atoms with E-state index in [1.807, 2.05) is 6.92 Å². The Kier molecular flexibility index (Phi) is 13.5. The quantitative estimate of drug-likeness (QED) is 0.351. The highest BCUT2D eigenvalue weighted by Gasteiger charge is 2.06. The smallest absolute Gasteiger partial charge is 0.246 e. The predicted octanol–water partition coefficient (Wildman–Crippen LogP) is 0.111. The molecule has 0 spiro atoms. The topological polar surface area (TPSA) is 85.9 Å². The van der Waals surface area contributed by atoms with E-state index >= 15 is 0 Å². The van der Waals surface area contributed by atoms with E-state index in [2.05, 4.69) is 17.2 Å². The Bertz CT molecular complexity index is 323. The molecular weight excluding hydrogens is 288 g/mol. The fraction of sp³-hybridized carbons (Fsp3) is 0.733. The highest BCUT2D eigenvalue weighted by atomic mass is 16.5. The SMILES string of the molecule is C=CC(C)C(=O)NCCOCCOCCNC(=O)COCC. The number of ether oxygens (including phenoxy) is 3. The largest absolute Gasteiger partial charge is 0.377 e. The number of hydrogen-bond donors (Lipinski definition) is 2. The first-order chi connectivity index (χ1) is 10.6. The van der Waals surface area contributed by atoms with Crippen molar-refractivity contribution in [3.05, 3.63) is 12.7 Å². The lowest BCUT2D eigenvalue weighted by atomic mass is 10.2. The first-order valence-electron chi connectivity index (χ1n) is 7.52. The Balaban J connectivity index is 3.25. The second-order valence-corrected chi connectivity index (χ2v) is 4.53. The summed E-state index contributed by atoms with van der Waals surface area (Å²) in [5.41, 5.74) is 0. The molecule has 0 fully saturated rings. The van der Waals surface area contributed by atoms with Gasteiger partial charge in [-0.2, -0.15) is 0 Å². The van der Waals surface area contributed by atoms with Crippen molar-refractivity contribution < 1.29 is 23.8 Å². The first kappa shape index (κ1) is 20.6. The minimum absolute atomic E-state index is 0.0577. The molecule has 0 bridgehead atoms. The molecule has 2 N–H and O–H groups in total. The van der Waals surface area contributed by atoms with Gasteiger partial charge in [0.2, 0.25) is 11.8 Å². The number of carbonyl (C=O) groups is 2. The standard InChI is InChI=1S/C15H28N2O5/c1-4-13(3)15(19)17-7-9-22-11-10-21-8-6-16-14(18)12-20-5-2/h4,13H,1,5-12H2,2-3H3,(H,16,18)(H,17,19). The van der Waals surface area contributed by atoms with Crippen molar-refractivity contribution in [2.75, 3.05) is 52.7 Å². The van der Waals surface area contributed by atoms with Gasteiger partial charge in [-0.05, 0) is 6.92 Å². The van der Waals surface area contributed by atoms with E-state index in [4.69, 9.17) is 14.2 Å². The third-order valence-electron chi connectivity index (χ3n) is 2.69. The molecule has 1 atom stereocenters. The monoisotopic (exact) mass is 316 g/mol. The first-order valence-corrected chi connectivity index (χ1v) is 7.52. The van der Waals surface area contributed by atoms with E-state index in [0.717, 1.165) is 0 Å². The molecule has 1 unspecified atom stereocenters. The van der Waals surface area contributed by atoms with Crippen LogP contribution in [0.2, 0.25) is 0 Å². The van der Waals surface area contributed by atoms with Crippen molar-refractivity contribution in [1.29, 1.82) is 0 Å². The average Bonchev–Trinajstić information content (AvgIpc) is 2.53. The molecule has 0 aliphatic carbocycles. The van der Waals surface area contributed by atoms with Crippen molar-refractivity contribution >= 4 is 11.8 Å². The highest BCUT2D eigenvalue weighted by molar-refractivity contribution is 5.79. The predicted molar refractivity (Wildman–Crippen MR) is 83.5 cm³/mol. The van der Waals surface area contributed by atoms with E-state index in [0.29, 0.717) is 46.1 Å². The Hall–Kier alpha value is -1.44. The van der Waals surface area contributed by atoms with Crippen LogP contribution in [0.1, 0.15) is 13.8 Å². The van der Waals surface area contributed by atoms with E-state index in [1.165, 1.54) is 0 Å². The summed E-state index contributed by atoms with van der Waals surface area (Å²) in [6, 6.07) is 0. The van der Waals surface area contributed by atoms with Crippen molar-refractivity contribution in [2.45, 2.75) is 13.8 Å². The summed E-state index contributed by atoms with van der Waals surface area (Å²) in [6.45, 7) is 10.4. The zero-order valence-corrected chi connectivity index (χ0v) is 13.6. The molecule has 0 radical (unpaired) electrons. The molecule has 0 rings (SSSR count). The molecule has 0 aliphatic rings. The molecule has 0 heterocycles. The molecular formula is C15H28N2O5. The maximum atomic E-state index is 11.4. The zero-order chi connectivity index (χ0) is 16.6. The maximum Gasteiger partial charge on any atom is 0.246 e. The number of carbonyl (C=O) groups excluding carboxylic acids is 2. The van der Waals surface area contributed by atoms with E-state index in [1.54, 1.807) is 13.0 Å². The molecule has 0 aromatic heterocycles. The zero-order valence-electron chi connectivity index (χ0n) is 13.6. The van der Waals surface area contributed by atoms with Crippen LogP contribution in [0.3, 0.4) is 0 Å². The van der Waals surface area contributed by atoms with Gasteiger partial charge in [-0.3, -0.25) is 9.59 Å². The fourth-order valence-electron chi connectivity index (χ4n) is 1.34. The van der Waals surface area contributed by atoms with Crippen LogP contribution in [0.5, 0.6) is 0 Å². The van der Waals surface area contributed by atoms with Crippen molar-refractivity contribution in [1.82, 2.24) is 10.6 Å². The summed E-state index contributed by atoms with van der Waals surface area (Å²) in [5, 5.41) is 5.41. The molecule has 0 aromatic carbocycles. The van der Waals surface area contributed by atoms with Gasteiger partial charge in [-0.15, -0.1) is 6.58 Å². The molecule has 0 saturated heterocycles. The summed E-state index contributed by atoms with van der Waals surface area (Å²) in [6.07, 6.45) is 1.59. The average molecular weight is 316 g/mol. The third-order valence-corrected chi connectivity index (χ3v) is 2.69. The number of nitrogens with one attached hydrogen (secondary N) is 2. The third kappa shape index (κ3) is 12.3. The van der Waals surface area contributed by atoms with Gasteiger partial charge in [0.1, 0.15) is 6.61 Å². The molecule has 0 saturated carbocycles. The minimum atomic E-state index is -0.193. The molecule has 128 valence electrons. The van der Waals surface area contributed by atoms with Crippen LogP contribution in [-0.4, -0.2) is 64.5 Å². The number of hydrogen-bond acceptors (Lipinski definition) is 5. The highest BCUT2D eigenvalue weighted by Crippen LogP contribution is 1.93. The van der Waals surface area contributed by atoms with Crippen LogP contribution >= 0.6 is 0 Å². The Morgan fingerprint density at radius 2 is 1.64 bits per heavy atom. The molecule has 2 amide bonds. The number of rotatable bonds is 14. The van der Waals surface area contributed by atoms with Crippen LogP contribution in [0.25, 0.3) is 0 Å². The molecule has 0 aromatic rings. The van der Waals surface area contributed by atoms with Crippen molar-refractivity contribution in [2.24, 2.45) is 5.92 Å². The number of amides is 2. The summed E-state index contributed by atoms with van der Waals surface area (Å²) in [5.74, 6) is -0.398. The van der Waals surface area contributed by atoms with Gasteiger partial charge in [0.15, 0.2) is 0 Å². The van der Waals surface area contributed by atoms with Gasteiger partial charge < -0.3 is 24.8 Å². The molecule has 0 aliphatic heterocycles. The lowest BCUT2D eigenvalue weighted by Crippen LogP contribution is -2.31. The fourth-order valence-corrected chi connectivity index (χ4v) is 1.34. The molecule has 7 nitrogen and oxygen atoms in total. The van der Waals surface area contributed by atoms with E-state index in [9.17, 15) is 9.59 Å². The lowest BCUT2D eigenvalue weighted by Gasteiger charge is -2.09. The maximum absolute atomic E-state index is 11.4. The second kappa shape index (κ2) is 14.5. The van der Waals surface area contributed by atoms with Crippen LogP contribution in [-0.2, 0) is 23.8 Å². The van der Waals surface area contributed by atoms with Crippen molar-refractivity contribution in [3.8, 4) is 0 Å². The lowest BCUT2D eigenvalue weighted by molar-refractivity contribution is -0.126. The normalized spacial score (nSPS) is 11.7. The Labute approximate surface area is 132 Å². The van der Waals surface area contributed by atoms with Crippen LogP contribution in [0.15, 0.2) is 12.7 Å². The van der Waals surface area contributed by atoms with Crippen LogP contribution in [0.4, 0.5) is 0 Å². The van der Waals surface area contributed by atoms with Gasteiger partial charge >= 0.3 is 0 Å². The van der Waals surface area contributed by atoms with Gasteiger partial charge in [0.25, 0.3) is 0 Å². The summed E-state index contributed by atoms with van der Waals surface area (Å²) in [4.78, 5) is 22.6. The second-order valence-electron chi connectivity index (χ2n) is 4.53. The Morgan fingerprint density at radius 1 is 1.05 bits per heavy atom. The van der Waals surface area contributed by atoms with Gasteiger partial charge in [-0.1, -0.05) is 13.0 Å². The minimum Gasteiger partial charge on any atom is -0.377 e.